The maximum atomic E-state index is 9.54. The summed E-state index contributed by atoms with van der Waals surface area (Å²) in [6, 6.07) is 10.9. The Morgan fingerprint density at radius 1 is 1.18 bits per heavy atom. The van der Waals surface area contributed by atoms with Crippen LogP contribution in [0.5, 0.6) is 0 Å². The average molecular weight is 235 g/mol. The summed E-state index contributed by atoms with van der Waals surface area (Å²) in [5.41, 5.74) is 1.33. The summed E-state index contributed by atoms with van der Waals surface area (Å²) in [7, 11) is 0. The second-order valence-corrected chi connectivity index (χ2v) is 4.94. The van der Waals surface area contributed by atoms with Crippen LogP contribution >= 0.6 is 0 Å². The van der Waals surface area contributed by atoms with Crippen molar-refractivity contribution in [1.29, 1.82) is 0 Å². The maximum absolute atomic E-state index is 9.54. The molecule has 0 bridgehead atoms. The van der Waals surface area contributed by atoms with Crippen LogP contribution in [0.2, 0.25) is 0 Å². The summed E-state index contributed by atoms with van der Waals surface area (Å²) in [5, 5.41) is 13.1. The van der Waals surface area contributed by atoms with Crippen molar-refractivity contribution in [2.24, 2.45) is 5.92 Å². The van der Waals surface area contributed by atoms with E-state index in [0.717, 1.165) is 19.4 Å². The van der Waals surface area contributed by atoms with Crippen molar-refractivity contribution in [3.05, 3.63) is 35.9 Å². The topological polar surface area (TPSA) is 32.3 Å². The third-order valence-corrected chi connectivity index (χ3v) is 3.14. The highest BCUT2D eigenvalue weighted by Crippen LogP contribution is 2.21. The van der Waals surface area contributed by atoms with Gasteiger partial charge in [0.05, 0.1) is 6.10 Å². The molecular weight excluding hydrogens is 210 g/mol. The van der Waals surface area contributed by atoms with E-state index in [1.165, 1.54) is 5.56 Å². The summed E-state index contributed by atoms with van der Waals surface area (Å²) in [4.78, 5) is 0. The van der Waals surface area contributed by atoms with Crippen LogP contribution in [0.25, 0.3) is 0 Å². The van der Waals surface area contributed by atoms with Crippen molar-refractivity contribution < 1.29 is 5.11 Å². The number of benzene rings is 1. The molecule has 0 aliphatic heterocycles. The number of rotatable bonds is 7. The van der Waals surface area contributed by atoms with Crippen molar-refractivity contribution >= 4 is 0 Å². The Kier molecular flexibility index (Phi) is 6.23. The monoisotopic (exact) mass is 235 g/mol. The summed E-state index contributed by atoms with van der Waals surface area (Å²) >= 11 is 0. The molecule has 2 nitrogen and oxygen atoms in total. The molecule has 0 saturated heterocycles. The molecule has 0 aromatic heterocycles. The van der Waals surface area contributed by atoms with Crippen LogP contribution in [0.1, 0.15) is 45.2 Å². The van der Waals surface area contributed by atoms with Crippen LogP contribution in [0.4, 0.5) is 0 Å². The SMILES string of the molecule is CCC(O)CCNC(c1ccccc1)C(C)C. The number of nitrogens with one attached hydrogen (secondary N) is 1. The van der Waals surface area contributed by atoms with Gasteiger partial charge in [-0.3, -0.25) is 0 Å². The van der Waals surface area contributed by atoms with E-state index < -0.39 is 0 Å². The van der Waals surface area contributed by atoms with Crippen LogP contribution in [0.3, 0.4) is 0 Å². The lowest BCUT2D eigenvalue weighted by Gasteiger charge is -2.23. The molecule has 0 saturated carbocycles. The van der Waals surface area contributed by atoms with E-state index in [1.807, 2.05) is 13.0 Å². The van der Waals surface area contributed by atoms with Gasteiger partial charge in [-0.05, 0) is 30.9 Å². The van der Waals surface area contributed by atoms with E-state index in [-0.39, 0.29) is 6.10 Å². The highest BCUT2D eigenvalue weighted by atomic mass is 16.3. The lowest BCUT2D eigenvalue weighted by atomic mass is 9.96. The van der Waals surface area contributed by atoms with Gasteiger partial charge in [-0.25, -0.2) is 0 Å². The van der Waals surface area contributed by atoms with Crippen molar-refractivity contribution in [3.8, 4) is 0 Å². The molecule has 1 rings (SSSR count). The zero-order chi connectivity index (χ0) is 12.7. The lowest BCUT2D eigenvalue weighted by molar-refractivity contribution is 0.157. The summed E-state index contributed by atoms with van der Waals surface area (Å²) < 4.78 is 0. The van der Waals surface area contributed by atoms with E-state index in [4.69, 9.17) is 0 Å². The van der Waals surface area contributed by atoms with Gasteiger partial charge in [0, 0.05) is 6.04 Å². The molecule has 1 aromatic carbocycles. The Labute approximate surface area is 105 Å². The Morgan fingerprint density at radius 2 is 1.82 bits per heavy atom. The molecule has 96 valence electrons. The molecule has 0 fully saturated rings. The van der Waals surface area contributed by atoms with Crippen LogP contribution in [0, 0.1) is 5.92 Å². The third-order valence-electron chi connectivity index (χ3n) is 3.14. The van der Waals surface area contributed by atoms with E-state index in [0.29, 0.717) is 12.0 Å². The molecule has 0 amide bonds. The summed E-state index contributed by atoms with van der Waals surface area (Å²) in [5.74, 6) is 0.552. The van der Waals surface area contributed by atoms with Gasteiger partial charge in [0.1, 0.15) is 0 Å². The van der Waals surface area contributed by atoms with E-state index in [2.05, 4.69) is 43.4 Å². The Bertz CT molecular complexity index is 297. The van der Waals surface area contributed by atoms with Crippen molar-refractivity contribution in [1.82, 2.24) is 5.32 Å². The quantitative estimate of drug-likeness (QED) is 0.761. The Hall–Kier alpha value is -0.860. The molecule has 0 heterocycles. The lowest BCUT2D eigenvalue weighted by Crippen LogP contribution is -2.28. The van der Waals surface area contributed by atoms with Crippen molar-refractivity contribution in [2.45, 2.75) is 45.8 Å². The molecule has 2 heteroatoms. The van der Waals surface area contributed by atoms with Crippen molar-refractivity contribution in [2.75, 3.05) is 6.54 Å². The molecule has 2 unspecified atom stereocenters. The highest BCUT2D eigenvalue weighted by molar-refractivity contribution is 5.19. The van der Waals surface area contributed by atoms with Crippen LogP contribution in [0.15, 0.2) is 30.3 Å². The normalized spacial score (nSPS) is 14.9. The fourth-order valence-electron chi connectivity index (χ4n) is 2.01. The molecule has 0 aliphatic carbocycles. The van der Waals surface area contributed by atoms with Gasteiger partial charge in [-0.15, -0.1) is 0 Å². The second kappa shape index (κ2) is 7.46. The molecule has 17 heavy (non-hydrogen) atoms. The minimum absolute atomic E-state index is 0.175. The first kappa shape index (κ1) is 14.2. The fourth-order valence-corrected chi connectivity index (χ4v) is 2.01. The predicted molar refractivity (Wildman–Crippen MR) is 72.9 cm³/mol. The number of hydrogen-bond donors (Lipinski definition) is 2. The van der Waals surface area contributed by atoms with E-state index in [1.54, 1.807) is 0 Å². The first-order valence-electron chi connectivity index (χ1n) is 6.61. The standard InChI is InChI=1S/C15H25NO/c1-4-14(17)10-11-16-15(12(2)3)13-8-6-5-7-9-13/h5-9,12,14-17H,4,10-11H2,1-3H3. The average Bonchev–Trinajstić information content (AvgIpc) is 2.34. The van der Waals surface area contributed by atoms with Crippen LogP contribution in [-0.2, 0) is 0 Å². The van der Waals surface area contributed by atoms with Gasteiger partial charge in [0.25, 0.3) is 0 Å². The first-order chi connectivity index (χ1) is 8.15. The van der Waals surface area contributed by atoms with Gasteiger partial charge in [0.2, 0.25) is 0 Å². The minimum Gasteiger partial charge on any atom is -0.393 e. The van der Waals surface area contributed by atoms with Crippen LogP contribution in [-0.4, -0.2) is 17.8 Å². The zero-order valence-corrected chi connectivity index (χ0v) is 11.2. The highest BCUT2D eigenvalue weighted by Gasteiger charge is 2.14. The number of hydrogen-bond acceptors (Lipinski definition) is 2. The third kappa shape index (κ3) is 4.88. The summed E-state index contributed by atoms with van der Waals surface area (Å²) in [6.45, 7) is 7.33. The smallest absolute Gasteiger partial charge is 0.0549 e. The maximum Gasteiger partial charge on any atom is 0.0549 e. The zero-order valence-electron chi connectivity index (χ0n) is 11.2. The molecule has 1 aromatic rings. The van der Waals surface area contributed by atoms with Crippen LogP contribution < -0.4 is 5.32 Å². The minimum atomic E-state index is -0.175. The molecule has 0 radical (unpaired) electrons. The molecular formula is C15H25NO. The molecule has 0 spiro atoms. The Morgan fingerprint density at radius 3 is 2.35 bits per heavy atom. The van der Waals surface area contributed by atoms with Gasteiger partial charge in [-0.2, -0.15) is 0 Å². The summed E-state index contributed by atoms with van der Waals surface area (Å²) in [6.07, 6.45) is 1.48. The molecule has 2 atom stereocenters. The molecule has 0 aliphatic rings. The van der Waals surface area contributed by atoms with E-state index >= 15 is 0 Å². The van der Waals surface area contributed by atoms with Gasteiger partial charge >= 0.3 is 0 Å². The van der Waals surface area contributed by atoms with Crippen molar-refractivity contribution in [3.63, 3.8) is 0 Å². The first-order valence-corrected chi connectivity index (χ1v) is 6.61. The van der Waals surface area contributed by atoms with Gasteiger partial charge in [0.15, 0.2) is 0 Å². The number of aliphatic hydroxyl groups is 1. The van der Waals surface area contributed by atoms with E-state index in [9.17, 15) is 5.11 Å². The second-order valence-electron chi connectivity index (χ2n) is 4.94. The van der Waals surface area contributed by atoms with Gasteiger partial charge < -0.3 is 10.4 Å². The fraction of sp³-hybridized carbons (Fsp3) is 0.600. The predicted octanol–water partition coefficient (Wildman–Crippen LogP) is 3.13. The van der Waals surface area contributed by atoms with Gasteiger partial charge in [-0.1, -0.05) is 51.1 Å². The number of aliphatic hydroxyl groups excluding tert-OH is 1. The largest absolute Gasteiger partial charge is 0.393 e. The Balaban J connectivity index is 2.50. The molecule has 2 N–H and O–H groups in total.